The molecule has 4 N–H and O–H groups in total. The smallest absolute Gasteiger partial charge is 0.305 e. The topological polar surface area (TPSA) is 137 Å². The molecule has 1 aliphatic rings. The maximum Gasteiger partial charge on any atom is 0.305 e. The molecule has 0 aliphatic carbocycles. The SMILES string of the molecule is C#Cc1c(C(N)=O)ncn1[C@@H]1O[C@H](COC(=O)CCCCCCCC=CCCCCCCCC)[C@@H](O)[C@H]1O. The second-order valence-corrected chi connectivity index (χ2v) is 9.92. The van der Waals surface area contributed by atoms with Gasteiger partial charge in [0.25, 0.3) is 5.91 Å². The van der Waals surface area contributed by atoms with Crippen molar-refractivity contribution in [3.8, 4) is 12.3 Å². The van der Waals surface area contributed by atoms with Crippen LogP contribution in [0.2, 0.25) is 0 Å². The van der Waals surface area contributed by atoms with Crippen LogP contribution in [0.5, 0.6) is 0 Å². The van der Waals surface area contributed by atoms with Crippen LogP contribution in [0, 0.1) is 12.3 Å². The molecule has 2 heterocycles. The highest BCUT2D eigenvalue weighted by Gasteiger charge is 2.45. The summed E-state index contributed by atoms with van der Waals surface area (Å²) < 4.78 is 12.2. The number of nitrogens with zero attached hydrogens (tertiary/aromatic N) is 2. The number of aromatic nitrogens is 2. The molecule has 1 saturated heterocycles. The molecule has 212 valence electrons. The van der Waals surface area contributed by atoms with Gasteiger partial charge >= 0.3 is 5.97 Å². The summed E-state index contributed by atoms with van der Waals surface area (Å²) in [6.07, 6.45) is 22.2. The van der Waals surface area contributed by atoms with Crippen molar-refractivity contribution in [2.75, 3.05) is 6.61 Å². The third-order valence-electron chi connectivity index (χ3n) is 6.83. The predicted octanol–water partition coefficient (Wildman–Crippen LogP) is 4.16. The molecule has 4 atom stereocenters. The van der Waals surface area contributed by atoms with Crippen LogP contribution in [-0.2, 0) is 14.3 Å². The Balaban J connectivity index is 1.56. The summed E-state index contributed by atoms with van der Waals surface area (Å²) in [5.74, 6) is 1.11. The Hall–Kier alpha value is -2.67. The zero-order chi connectivity index (χ0) is 27.8. The van der Waals surface area contributed by atoms with Crippen LogP contribution in [0.1, 0.15) is 119 Å². The Labute approximate surface area is 226 Å². The molecular weight excluding hydrogens is 486 g/mol. The van der Waals surface area contributed by atoms with E-state index >= 15 is 0 Å². The van der Waals surface area contributed by atoms with Gasteiger partial charge in [0.15, 0.2) is 11.9 Å². The van der Waals surface area contributed by atoms with E-state index in [1.165, 1.54) is 55.8 Å². The number of aliphatic hydroxyl groups excluding tert-OH is 2. The molecule has 2 rings (SSSR count). The van der Waals surface area contributed by atoms with Crippen LogP contribution in [-0.4, -0.2) is 56.6 Å². The van der Waals surface area contributed by atoms with Gasteiger partial charge in [0.05, 0.1) is 6.33 Å². The van der Waals surface area contributed by atoms with Crippen molar-refractivity contribution in [2.24, 2.45) is 5.73 Å². The van der Waals surface area contributed by atoms with Gasteiger partial charge in [-0.1, -0.05) is 70.4 Å². The first kappa shape index (κ1) is 31.5. The van der Waals surface area contributed by atoms with Gasteiger partial charge < -0.3 is 25.4 Å². The fraction of sp³-hybridized carbons (Fsp3) is 0.690. The molecule has 38 heavy (non-hydrogen) atoms. The molecule has 0 bridgehead atoms. The first-order chi connectivity index (χ1) is 18.4. The van der Waals surface area contributed by atoms with Gasteiger partial charge in [0.2, 0.25) is 0 Å². The molecule has 0 unspecified atom stereocenters. The number of imidazole rings is 1. The van der Waals surface area contributed by atoms with Crippen LogP contribution in [0.25, 0.3) is 0 Å². The Morgan fingerprint density at radius 1 is 1.05 bits per heavy atom. The number of amides is 1. The number of carbonyl (C=O) groups excluding carboxylic acids is 2. The van der Waals surface area contributed by atoms with E-state index in [-0.39, 0.29) is 30.4 Å². The molecule has 0 saturated carbocycles. The summed E-state index contributed by atoms with van der Waals surface area (Å²) in [6, 6.07) is 0. The quantitative estimate of drug-likeness (QED) is 0.105. The lowest BCUT2D eigenvalue weighted by atomic mass is 10.1. The highest BCUT2D eigenvalue weighted by molar-refractivity contribution is 5.93. The minimum absolute atomic E-state index is 0.0376. The summed E-state index contributed by atoms with van der Waals surface area (Å²) in [5, 5.41) is 20.8. The molecule has 0 spiro atoms. The molecule has 1 amide bonds. The highest BCUT2D eigenvalue weighted by atomic mass is 16.6. The maximum atomic E-state index is 12.1. The van der Waals surface area contributed by atoms with Gasteiger partial charge in [0.1, 0.15) is 30.6 Å². The number of terminal acetylenes is 1. The van der Waals surface area contributed by atoms with Crippen molar-refractivity contribution in [1.29, 1.82) is 0 Å². The van der Waals surface area contributed by atoms with Crippen LogP contribution in [0.3, 0.4) is 0 Å². The summed E-state index contributed by atoms with van der Waals surface area (Å²) in [5.41, 5.74) is 5.17. The third kappa shape index (κ3) is 10.2. The maximum absolute atomic E-state index is 12.1. The summed E-state index contributed by atoms with van der Waals surface area (Å²) in [4.78, 5) is 27.5. The van der Waals surface area contributed by atoms with Crippen molar-refractivity contribution in [2.45, 2.75) is 121 Å². The Morgan fingerprint density at radius 3 is 2.26 bits per heavy atom. The largest absolute Gasteiger partial charge is 0.463 e. The van der Waals surface area contributed by atoms with E-state index in [0.717, 1.165) is 38.5 Å². The number of allylic oxidation sites excluding steroid dienone is 2. The van der Waals surface area contributed by atoms with Gasteiger partial charge in [-0.2, -0.15) is 0 Å². The van der Waals surface area contributed by atoms with Crippen molar-refractivity contribution < 1.29 is 29.3 Å². The monoisotopic (exact) mass is 531 g/mol. The van der Waals surface area contributed by atoms with Gasteiger partial charge in [-0.05, 0) is 38.0 Å². The number of unbranched alkanes of at least 4 members (excludes halogenated alkanes) is 11. The van der Waals surface area contributed by atoms with E-state index in [4.69, 9.17) is 21.6 Å². The fourth-order valence-electron chi connectivity index (χ4n) is 4.56. The molecule has 1 aliphatic heterocycles. The van der Waals surface area contributed by atoms with Crippen LogP contribution < -0.4 is 5.73 Å². The average molecular weight is 532 g/mol. The number of nitrogens with two attached hydrogens (primary N) is 1. The Bertz CT molecular complexity index is 922. The minimum Gasteiger partial charge on any atom is -0.463 e. The lowest BCUT2D eigenvalue weighted by Gasteiger charge is -2.17. The summed E-state index contributed by atoms with van der Waals surface area (Å²) >= 11 is 0. The van der Waals surface area contributed by atoms with Gasteiger partial charge in [-0.25, -0.2) is 4.98 Å². The first-order valence-electron chi connectivity index (χ1n) is 14.1. The third-order valence-corrected chi connectivity index (χ3v) is 6.83. The van der Waals surface area contributed by atoms with Gasteiger partial charge in [-0.3, -0.25) is 14.2 Å². The molecule has 0 radical (unpaired) electrons. The van der Waals surface area contributed by atoms with E-state index in [0.29, 0.717) is 0 Å². The Kier molecular flexibility index (Phi) is 14.8. The van der Waals surface area contributed by atoms with E-state index < -0.39 is 30.4 Å². The fourth-order valence-corrected chi connectivity index (χ4v) is 4.56. The number of esters is 1. The Morgan fingerprint density at radius 2 is 1.66 bits per heavy atom. The highest BCUT2D eigenvalue weighted by Crippen LogP contribution is 2.31. The number of ether oxygens (including phenoxy) is 2. The zero-order valence-corrected chi connectivity index (χ0v) is 22.7. The van der Waals surface area contributed by atoms with E-state index in [1.54, 1.807) is 0 Å². The minimum atomic E-state index is -1.36. The molecule has 1 fully saturated rings. The van der Waals surface area contributed by atoms with E-state index in [9.17, 15) is 19.8 Å². The van der Waals surface area contributed by atoms with Gasteiger partial charge in [-0.15, -0.1) is 6.42 Å². The van der Waals surface area contributed by atoms with Crippen LogP contribution in [0.4, 0.5) is 0 Å². The van der Waals surface area contributed by atoms with Crippen molar-refractivity contribution in [3.05, 3.63) is 29.9 Å². The second kappa shape index (κ2) is 17.8. The van der Waals surface area contributed by atoms with Gasteiger partial charge in [0, 0.05) is 6.42 Å². The second-order valence-electron chi connectivity index (χ2n) is 9.92. The van der Waals surface area contributed by atoms with E-state index in [1.807, 2.05) is 0 Å². The lowest BCUT2D eigenvalue weighted by molar-refractivity contribution is -0.150. The van der Waals surface area contributed by atoms with E-state index in [2.05, 4.69) is 30.0 Å². The molecule has 1 aromatic heterocycles. The lowest BCUT2D eigenvalue weighted by Crippen LogP contribution is -2.34. The zero-order valence-electron chi connectivity index (χ0n) is 22.7. The van der Waals surface area contributed by atoms with Crippen molar-refractivity contribution >= 4 is 11.9 Å². The standard InChI is InChI=1S/C29H45N3O6/c1-3-5-6-7-8-9-10-11-12-13-14-15-16-17-18-19-24(33)37-20-23-26(34)27(35)29(38-23)32-21-31-25(28(30)36)22(32)4-2/h2,11-12,21,23,26-27,29,34-35H,3,5-10,13-20H2,1H3,(H2,30,36)/t23-,26-,27-,29-/m1/s1. The molecule has 9 heteroatoms. The summed E-state index contributed by atoms with van der Waals surface area (Å²) in [7, 11) is 0. The number of rotatable bonds is 19. The molecule has 0 aromatic carbocycles. The number of carbonyl (C=O) groups is 2. The number of aliphatic hydroxyl groups is 2. The molecular formula is C29H45N3O6. The van der Waals surface area contributed by atoms with Crippen molar-refractivity contribution in [1.82, 2.24) is 9.55 Å². The predicted molar refractivity (Wildman–Crippen MR) is 145 cm³/mol. The number of hydrogen-bond donors (Lipinski definition) is 3. The molecule has 1 aromatic rings. The number of hydrogen-bond acceptors (Lipinski definition) is 7. The average Bonchev–Trinajstić information content (AvgIpc) is 3.45. The number of primary amides is 1. The van der Waals surface area contributed by atoms with Crippen molar-refractivity contribution in [3.63, 3.8) is 0 Å². The normalized spacial score (nSPS) is 21.1. The van der Waals surface area contributed by atoms with Crippen LogP contribution >= 0.6 is 0 Å². The summed E-state index contributed by atoms with van der Waals surface area (Å²) in [6.45, 7) is 2.04. The first-order valence-corrected chi connectivity index (χ1v) is 14.1. The molecule has 9 nitrogen and oxygen atoms in total. The van der Waals surface area contributed by atoms with Crippen LogP contribution in [0.15, 0.2) is 18.5 Å².